The number of anilines is 3. The molecule has 27 heavy (non-hydrogen) atoms. The first-order valence-corrected chi connectivity index (χ1v) is 9.05. The highest BCUT2D eigenvalue weighted by Gasteiger charge is 2.29. The van der Waals surface area contributed by atoms with Gasteiger partial charge in [0, 0.05) is 38.4 Å². The van der Waals surface area contributed by atoms with Crippen LogP contribution in [0, 0.1) is 0 Å². The number of nitrogens with zero attached hydrogens (tertiary/aromatic N) is 7. The first kappa shape index (κ1) is 15.8. The summed E-state index contributed by atoms with van der Waals surface area (Å²) in [6.45, 7) is 0.933. The summed E-state index contributed by atoms with van der Waals surface area (Å²) in [5.41, 5.74) is 2.17. The van der Waals surface area contributed by atoms with Crippen molar-refractivity contribution in [3.8, 4) is 0 Å². The van der Waals surface area contributed by atoms with Crippen LogP contribution in [0.2, 0.25) is 0 Å². The average Bonchev–Trinajstić information content (AvgIpc) is 3.42. The van der Waals surface area contributed by atoms with E-state index in [0.29, 0.717) is 0 Å². The van der Waals surface area contributed by atoms with Crippen LogP contribution >= 0.6 is 0 Å². The number of aromatic nitrogens is 6. The fourth-order valence-electron chi connectivity index (χ4n) is 3.67. The monoisotopic (exact) mass is 360 g/mol. The smallest absolute Gasteiger partial charge is 0.246 e. The number of rotatable bonds is 4. The van der Waals surface area contributed by atoms with Crippen LogP contribution in [0.15, 0.2) is 55.4 Å². The molecule has 136 valence electrons. The van der Waals surface area contributed by atoms with Gasteiger partial charge in [-0.05, 0) is 42.7 Å². The number of hydrogen-bond acceptors (Lipinski definition) is 6. The number of nitrogens with one attached hydrogen (secondary N) is 1. The van der Waals surface area contributed by atoms with Crippen molar-refractivity contribution in [2.24, 2.45) is 7.05 Å². The molecule has 0 saturated carbocycles. The summed E-state index contributed by atoms with van der Waals surface area (Å²) in [7, 11) is 1.94. The third kappa shape index (κ3) is 2.88. The van der Waals surface area contributed by atoms with Crippen LogP contribution in [-0.2, 0) is 7.05 Å². The summed E-state index contributed by atoms with van der Waals surface area (Å²) in [6, 6.07) is 8.39. The third-order valence-corrected chi connectivity index (χ3v) is 4.93. The molecule has 0 aromatic carbocycles. The van der Waals surface area contributed by atoms with Crippen molar-refractivity contribution >= 4 is 23.1 Å². The van der Waals surface area contributed by atoms with E-state index < -0.39 is 0 Å². The van der Waals surface area contributed by atoms with E-state index in [1.807, 2.05) is 53.1 Å². The van der Waals surface area contributed by atoms with Crippen LogP contribution in [0.25, 0.3) is 5.52 Å². The Kier molecular flexibility index (Phi) is 3.74. The van der Waals surface area contributed by atoms with Crippen molar-refractivity contribution in [1.82, 2.24) is 29.1 Å². The Labute approximate surface area is 156 Å². The Balaban J connectivity index is 1.55. The van der Waals surface area contributed by atoms with Gasteiger partial charge in [0.05, 0.1) is 12.4 Å². The summed E-state index contributed by atoms with van der Waals surface area (Å²) in [6.07, 6.45) is 11.5. The number of fused-ring (bicyclic) bond motifs is 1. The predicted molar refractivity (Wildman–Crippen MR) is 103 cm³/mol. The molecule has 0 aliphatic carbocycles. The Hall–Kier alpha value is -3.42. The first-order chi connectivity index (χ1) is 13.3. The molecule has 0 bridgehead atoms. The summed E-state index contributed by atoms with van der Waals surface area (Å²) in [5, 5.41) is 8.08. The Morgan fingerprint density at radius 1 is 1.19 bits per heavy atom. The van der Waals surface area contributed by atoms with E-state index in [2.05, 4.69) is 32.3 Å². The minimum absolute atomic E-state index is 0.267. The molecule has 1 saturated heterocycles. The highest BCUT2D eigenvalue weighted by molar-refractivity contribution is 5.73. The van der Waals surface area contributed by atoms with Crippen molar-refractivity contribution in [1.29, 1.82) is 0 Å². The SMILES string of the molecule is Cn1cnc(Nc2nc(N3CCCC3c3ccncc3)nn3cccc23)c1. The first-order valence-electron chi connectivity index (χ1n) is 9.05. The van der Waals surface area contributed by atoms with Gasteiger partial charge in [0.1, 0.15) is 11.3 Å². The predicted octanol–water partition coefficient (Wildman–Crippen LogP) is 2.94. The molecule has 4 aromatic heterocycles. The summed E-state index contributed by atoms with van der Waals surface area (Å²) < 4.78 is 3.77. The van der Waals surface area contributed by atoms with Crippen LogP contribution in [0.4, 0.5) is 17.6 Å². The number of aryl methyl sites for hydroxylation is 1. The fraction of sp³-hybridized carbons (Fsp3) is 0.263. The van der Waals surface area contributed by atoms with Gasteiger partial charge in [0.15, 0.2) is 5.82 Å². The zero-order valence-electron chi connectivity index (χ0n) is 15.0. The molecule has 8 nitrogen and oxygen atoms in total. The average molecular weight is 360 g/mol. The molecule has 0 spiro atoms. The molecular weight excluding hydrogens is 340 g/mol. The Bertz CT molecular complexity index is 1070. The van der Waals surface area contributed by atoms with Crippen LogP contribution < -0.4 is 10.2 Å². The molecule has 1 aliphatic heterocycles. The molecule has 5 rings (SSSR count). The zero-order chi connectivity index (χ0) is 18.2. The second kappa shape index (κ2) is 6.39. The fourth-order valence-corrected chi connectivity index (χ4v) is 3.67. The molecule has 0 radical (unpaired) electrons. The molecule has 1 atom stereocenters. The van der Waals surface area contributed by atoms with Crippen molar-refractivity contribution in [2.75, 3.05) is 16.8 Å². The lowest BCUT2D eigenvalue weighted by molar-refractivity contribution is 0.689. The maximum atomic E-state index is 4.85. The van der Waals surface area contributed by atoms with Gasteiger partial charge in [0.25, 0.3) is 0 Å². The second-order valence-corrected chi connectivity index (χ2v) is 6.78. The summed E-state index contributed by atoms with van der Waals surface area (Å²) >= 11 is 0. The number of imidazole rings is 1. The van der Waals surface area contributed by atoms with Crippen LogP contribution in [-0.4, -0.2) is 35.7 Å². The van der Waals surface area contributed by atoms with Gasteiger partial charge in [-0.1, -0.05) is 0 Å². The lowest BCUT2D eigenvalue weighted by Gasteiger charge is -2.25. The Morgan fingerprint density at radius 3 is 2.89 bits per heavy atom. The number of pyridine rings is 1. The lowest BCUT2D eigenvalue weighted by Crippen LogP contribution is -2.25. The van der Waals surface area contributed by atoms with E-state index in [1.54, 1.807) is 6.33 Å². The van der Waals surface area contributed by atoms with Gasteiger partial charge >= 0.3 is 0 Å². The second-order valence-electron chi connectivity index (χ2n) is 6.78. The van der Waals surface area contributed by atoms with E-state index in [9.17, 15) is 0 Å². The van der Waals surface area contributed by atoms with Gasteiger partial charge in [-0.3, -0.25) is 4.98 Å². The van der Waals surface area contributed by atoms with Gasteiger partial charge in [-0.15, -0.1) is 5.10 Å². The lowest BCUT2D eigenvalue weighted by atomic mass is 10.1. The van der Waals surface area contributed by atoms with Crippen LogP contribution in [0.3, 0.4) is 0 Å². The number of hydrogen-bond donors (Lipinski definition) is 1. The highest BCUT2D eigenvalue weighted by Crippen LogP contribution is 2.35. The largest absolute Gasteiger partial charge is 0.338 e. The quantitative estimate of drug-likeness (QED) is 0.603. The van der Waals surface area contributed by atoms with Crippen molar-refractivity contribution in [3.05, 3.63) is 60.9 Å². The minimum Gasteiger partial charge on any atom is -0.338 e. The van der Waals surface area contributed by atoms with Crippen molar-refractivity contribution in [2.45, 2.75) is 18.9 Å². The maximum absolute atomic E-state index is 4.85. The summed E-state index contributed by atoms with van der Waals surface area (Å²) in [5.74, 6) is 2.23. The molecule has 1 aliphatic rings. The van der Waals surface area contributed by atoms with Gasteiger partial charge in [-0.2, -0.15) is 4.98 Å². The Morgan fingerprint density at radius 2 is 2.07 bits per heavy atom. The third-order valence-electron chi connectivity index (χ3n) is 4.93. The molecule has 4 aromatic rings. The zero-order valence-corrected chi connectivity index (χ0v) is 15.0. The molecular formula is C19H20N8. The molecule has 0 amide bonds. The van der Waals surface area contributed by atoms with Crippen molar-refractivity contribution < 1.29 is 0 Å². The molecule has 5 heterocycles. The van der Waals surface area contributed by atoms with E-state index in [0.717, 1.165) is 42.5 Å². The molecule has 8 heteroatoms. The van der Waals surface area contributed by atoms with E-state index >= 15 is 0 Å². The summed E-state index contributed by atoms with van der Waals surface area (Å²) in [4.78, 5) is 15.6. The van der Waals surface area contributed by atoms with E-state index in [4.69, 9.17) is 10.1 Å². The van der Waals surface area contributed by atoms with Gasteiger partial charge in [-0.25, -0.2) is 9.50 Å². The van der Waals surface area contributed by atoms with Crippen LogP contribution in [0.1, 0.15) is 24.4 Å². The molecule has 1 N–H and O–H groups in total. The van der Waals surface area contributed by atoms with E-state index in [1.165, 1.54) is 5.56 Å². The minimum atomic E-state index is 0.267. The van der Waals surface area contributed by atoms with Crippen molar-refractivity contribution in [3.63, 3.8) is 0 Å². The van der Waals surface area contributed by atoms with Gasteiger partial charge in [0.2, 0.25) is 5.95 Å². The normalized spacial score (nSPS) is 16.9. The maximum Gasteiger partial charge on any atom is 0.246 e. The van der Waals surface area contributed by atoms with E-state index in [-0.39, 0.29) is 6.04 Å². The standard InChI is InChI=1S/C19H20N8/c1-25-12-17(21-13-25)22-18-16-5-3-11-27(16)24-19(23-18)26-10-2-4-15(26)14-6-8-20-9-7-14/h3,5-9,11-13,15H,2,4,10H2,1H3,(H,22,23,24). The molecule has 1 fully saturated rings. The molecule has 1 unspecified atom stereocenters. The topological polar surface area (TPSA) is 76.2 Å². The van der Waals surface area contributed by atoms with Gasteiger partial charge < -0.3 is 14.8 Å². The van der Waals surface area contributed by atoms with Crippen LogP contribution in [0.5, 0.6) is 0 Å². The highest BCUT2D eigenvalue weighted by atomic mass is 15.4.